The van der Waals surface area contributed by atoms with E-state index in [-0.39, 0.29) is 22.7 Å². The van der Waals surface area contributed by atoms with Gasteiger partial charge in [0.1, 0.15) is 11.6 Å². The molecule has 1 saturated heterocycles. The highest BCUT2D eigenvalue weighted by Crippen LogP contribution is 2.74. The van der Waals surface area contributed by atoms with Crippen LogP contribution in [0.25, 0.3) is 0 Å². The SMILES string of the molecule is N#CC1CCN(CC23CC(C(=O)N4N=CCC4c4cc(F)cc(F)c4)(C2)C3)C1. The maximum atomic E-state index is 13.6. The van der Waals surface area contributed by atoms with E-state index in [1.165, 1.54) is 17.1 Å². The number of amides is 1. The second-order valence-electron chi connectivity index (χ2n) is 9.06. The molecule has 5 aliphatic rings. The highest BCUT2D eigenvalue weighted by Gasteiger charge is 2.72. The van der Waals surface area contributed by atoms with Gasteiger partial charge in [-0.25, -0.2) is 13.8 Å². The van der Waals surface area contributed by atoms with Crippen molar-refractivity contribution in [3.8, 4) is 6.07 Å². The maximum Gasteiger partial charge on any atom is 0.249 e. The van der Waals surface area contributed by atoms with Gasteiger partial charge in [0.05, 0.1) is 23.4 Å². The first-order chi connectivity index (χ1) is 13.4. The van der Waals surface area contributed by atoms with Crippen LogP contribution >= 0.6 is 0 Å². The van der Waals surface area contributed by atoms with Crippen LogP contribution < -0.4 is 0 Å². The summed E-state index contributed by atoms with van der Waals surface area (Å²) in [7, 11) is 0. The molecule has 2 atom stereocenters. The highest BCUT2D eigenvalue weighted by molar-refractivity contribution is 5.88. The summed E-state index contributed by atoms with van der Waals surface area (Å²) in [6.45, 7) is 2.76. The molecule has 7 heteroatoms. The number of hydrogen-bond donors (Lipinski definition) is 0. The third-order valence-corrected chi connectivity index (χ3v) is 6.92. The van der Waals surface area contributed by atoms with Crippen LogP contribution in [0.3, 0.4) is 0 Å². The Morgan fingerprint density at radius 2 is 1.96 bits per heavy atom. The van der Waals surface area contributed by atoms with Crippen LogP contribution in [0.2, 0.25) is 0 Å². The fraction of sp³-hybridized carbons (Fsp3) is 0.571. The van der Waals surface area contributed by atoms with Gasteiger partial charge in [0, 0.05) is 31.8 Å². The number of hydrazone groups is 1. The van der Waals surface area contributed by atoms with Crippen molar-refractivity contribution < 1.29 is 13.6 Å². The Morgan fingerprint density at radius 3 is 2.61 bits per heavy atom. The van der Waals surface area contributed by atoms with Gasteiger partial charge < -0.3 is 4.90 Å². The van der Waals surface area contributed by atoms with E-state index in [1.807, 2.05) is 0 Å². The number of hydrogen-bond acceptors (Lipinski definition) is 4. The quantitative estimate of drug-likeness (QED) is 0.801. The van der Waals surface area contributed by atoms with Crippen molar-refractivity contribution in [3.05, 3.63) is 35.4 Å². The van der Waals surface area contributed by atoms with Crippen LogP contribution in [0.4, 0.5) is 8.78 Å². The number of nitriles is 1. The summed E-state index contributed by atoms with van der Waals surface area (Å²) in [5.41, 5.74) is 0.286. The smallest absolute Gasteiger partial charge is 0.249 e. The number of halogens is 2. The first-order valence-electron chi connectivity index (χ1n) is 9.86. The van der Waals surface area contributed by atoms with Crippen LogP contribution in [0.5, 0.6) is 0 Å². The summed E-state index contributed by atoms with van der Waals surface area (Å²) in [5, 5.41) is 14.7. The Kier molecular flexibility index (Phi) is 3.86. The molecule has 3 aliphatic carbocycles. The van der Waals surface area contributed by atoms with Gasteiger partial charge in [-0.1, -0.05) is 0 Å². The van der Waals surface area contributed by atoms with E-state index >= 15 is 0 Å². The van der Waals surface area contributed by atoms with Crippen molar-refractivity contribution in [3.63, 3.8) is 0 Å². The molecule has 0 radical (unpaired) electrons. The Balaban J connectivity index is 1.24. The molecule has 146 valence electrons. The van der Waals surface area contributed by atoms with Crippen molar-refractivity contribution in [2.45, 2.75) is 38.1 Å². The van der Waals surface area contributed by atoms with Crippen molar-refractivity contribution in [1.82, 2.24) is 9.91 Å². The van der Waals surface area contributed by atoms with Crippen LogP contribution in [0.15, 0.2) is 23.3 Å². The normalized spacial score (nSPS) is 36.1. The summed E-state index contributed by atoms with van der Waals surface area (Å²) in [4.78, 5) is 15.5. The van der Waals surface area contributed by atoms with Crippen LogP contribution in [-0.4, -0.2) is 41.7 Å². The molecule has 2 heterocycles. The van der Waals surface area contributed by atoms with Crippen LogP contribution in [0.1, 0.15) is 43.7 Å². The van der Waals surface area contributed by atoms with E-state index in [1.54, 1.807) is 6.21 Å². The lowest BCUT2D eigenvalue weighted by molar-refractivity contribution is -0.222. The number of benzene rings is 1. The summed E-state index contributed by atoms with van der Waals surface area (Å²) in [5.74, 6) is -1.16. The summed E-state index contributed by atoms with van der Waals surface area (Å²) in [6.07, 6.45) is 5.61. The van der Waals surface area contributed by atoms with Crippen molar-refractivity contribution in [2.75, 3.05) is 19.6 Å². The third-order valence-electron chi connectivity index (χ3n) is 6.92. The van der Waals surface area contributed by atoms with Gasteiger partial charge in [-0.3, -0.25) is 4.79 Å². The van der Waals surface area contributed by atoms with Gasteiger partial charge in [-0.15, -0.1) is 0 Å². The summed E-state index contributed by atoms with van der Waals surface area (Å²) < 4.78 is 27.2. The molecule has 1 aromatic rings. The average molecular weight is 384 g/mol. The molecule has 2 unspecified atom stereocenters. The number of likely N-dealkylation sites (tertiary alicyclic amines) is 1. The molecule has 1 aromatic carbocycles. The minimum Gasteiger partial charge on any atom is -0.301 e. The highest BCUT2D eigenvalue weighted by atomic mass is 19.1. The molecular weight excluding hydrogens is 362 g/mol. The van der Waals surface area contributed by atoms with Gasteiger partial charge >= 0.3 is 0 Å². The van der Waals surface area contributed by atoms with Crippen molar-refractivity contribution in [2.24, 2.45) is 21.8 Å². The molecule has 1 amide bonds. The van der Waals surface area contributed by atoms with E-state index < -0.39 is 17.7 Å². The number of rotatable bonds is 4. The Hall–Kier alpha value is -2.33. The van der Waals surface area contributed by atoms with Crippen LogP contribution in [-0.2, 0) is 4.79 Å². The number of carbonyl (C=O) groups excluding carboxylic acids is 1. The largest absolute Gasteiger partial charge is 0.301 e. The zero-order valence-corrected chi connectivity index (χ0v) is 15.6. The molecule has 5 nitrogen and oxygen atoms in total. The third kappa shape index (κ3) is 2.66. The second-order valence-corrected chi connectivity index (χ2v) is 9.06. The number of carbonyl (C=O) groups is 1. The lowest BCUT2D eigenvalue weighted by atomic mass is 9.34. The fourth-order valence-corrected chi connectivity index (χ4v) is 5.85. The standard InChI is InChI=1S/C21H22F2N4O/c22-16-5-15(6-17(23)7-16)18-1-3-25-27(18)19(28)21-10-20(11-21,12-21)13-26-4-2-14(8-24)9-26/h3,5-7,14,18H,1-2,4,9-13H2. The van der Waals surface area contributed by atoms with Gasteiger partial charge in [0.25, 0.3) is 0 Å². The maximum absolute atomic E-state index is 13.6. The fourth-order valence-electron chi connectivity index (χ4n) is 5.85. The predicted octanol–water partition coefficient (Wildman–Crippen LogP) is 3.24. The number of nitrogens with zero attached hydrogens (tertiary/aromatic N) is 4. The Bertz CT molecular complexity index is 868. The van der Waals surface area contributed by atoms with E-state index in [0.29, 0.717) is 12.0 Å². The molecule has 3 saturated carbocycles. The van der Waals surface area contributed by atoms with Crippen molar-refractivity contribution in [1.29, 1.82) is 5.26 Å². The second kappa shape index (κ2) is 6.08. The monoisotopic (exact) mass is 384 g/mol. The van der Waals surface area contributed by atoms with Gasteiger partial charge in [-0.2, -0.15) is 10.4 Å². The van der Waals surface area contributed by atoms with E-state index in [9.17, 15) is 13.6 Å². The minimum absolute atomic E-state index is 0.0193. The van der Waals surface area contributed by atoms with Gasteiger partial charge in [-0.05, 0) is 55.3 Å². The average Bonchev–Trinajstić information content (AvgIpc) is 3.24. The van der Waals surface area contributed by atoms with E-state index in [2.05, 4.69) is 16.1 Å². The molecule has 0 N–H and O–H groups in total. The summed E-state index contributed by atoms with van der Waals surface area (Å²) >= 11 is 0. The van der Waals surface area contributed by atoms with Crippen LogP contribution in [0, 0.1) is 39.7 Å². The molecule has 0 aromatic heterocycles. The van der Waals surface area contributed by atoms with Gasteiger partial charge in [0.15, 0.2) is 0 Å². The molecule has 28 heavy (non-hydrogen) atoms. The van der Waals surface area contributed by atoms with Gasteiger partial charge in [0.2, 0.25) is 5.91 Å². The van der Waals surface area contributed by atoms with E-state index in [4.69, 9.17) is 5.26 Å². The summed E-state index contributed by atoms with van der Waals surface area (Å²) in [6, 6.07) is 5.32. The predicted molar refractivity (Wildman–Crippen MR) is 97.9 cm³/mol. The minimum atomic E-state index is -0.639. The molecule has 2 bridgehead atoms. The molecular formula is C21H22F2N4O. The zero-order valence-electron chi connectivity index (χ0n) is 15.6. The van der Waals surface area contributed by atoms with Crippen molar-refractivity contribution >= 4 is 12.1 Å². The Labute approximate surface area is 162 Å². The molecule has 2 aliphatic heterocycles. The lowest BCUT2D eigenvalue weighted by Gasteiger charge is -2.70. The first kappa shape index (κ1) is 17.7. The van der Waals surface area contributed by atoms with E-state index in [0.717, 1.165) is 51.4 Å². The topological polar surface area (TPSA) is 59.7 Å². The Morgan fingerprint density at radius 1 is 1.25 bits per heavy atom. The first-order valence-corrected chi connectivity index (χ1v) is 9.86. The zero-order chi connectivity index (χ0) is 19.5. The molecule has 4 fully saturated rings. The molecule has 6 rings (SSSR count). The lowest BCUT2D eigenvalue weighted by Crippen LogP contribution is -2.70. The molecule has 0 spiro atoms.